The Morgan fingerprint density at radius 3 is 2.46 bits per heavy atom. The molecule has 78 valence electrons. The fourth-order valence-corrected chi connectivity index (χ4v) is 1.04. The zero-order valence-electron chi connectivity index (χ0n) is 9.64. The van der Waals surface area contributed by atoms with E-state index in [-0.39, 0.29) is 0 Å². The minimum atomic E-state index is 0.741. The summed E-state index contributed by atoms with van der Waals surface area (Å²) in [7, 11) is 0. The average Bonchev–Trinajstić information content (AvgIpc) is 2.10. The maximum atomic E-state index is 3.43. The summed E-state index contributed by atoms with van der Waals surface area (Å²) in [6, 6.07) is 0. The van der Waals surface area contributed by atoms with Gasteiger partial charge in [-0.15, -0.1) is 0 Å². The quantitative estimate of drug-likeness (QED) is 0.472. The summed E-state index contributed by atoms with van der Waals surface area (Å²) in [6.45, 7) is 11.2. The first-order valence-corrected chi connectivity index (χ1v) is 5.54. The van der Waals surface area contributed by atoms with Gasteiger partial charge in [-0.25, -0.2) is 0 Å². The minimum absolute atomic E-state index is 0.741. The maximum absolute atomic E-state index is 3.43. The third-order valence-corrected chi connectivity index (χ3v) is 2.15. The Morgan fingerprint density at radius 2 is 1.92 bits per heavy atom. The van der Waals surface area contributed by atoms with Crippen LogP contribution in [0.25, 0.3) is 0 Å². The van der Waals surface area contributed by atoms with E-state index < -0.39 is 0 Å². The first-order chi connectivity index (χ1) is 6.16. The van der Waals surface area contributed by atoms with Gasteiger partial charge in [0.25, 0.3) is 0 Å². The van der Waals surface area contributed by atoms with Crippen LogP contribution >= 0.6 is 0 Å². The van der Waals surface area contributed by atoms with E-state index >= 15 is 0 Å². The first kappa shape index (κ1) is 12.7. The van der Waals surface area contributed by atoms with Crippen molar-refractivity contribution in [2.45, 2.75) is 40.5 Å². The highest BCUT2D eigenvalue weighted by molar-refractivity contribution is 4.86. The molecule has 0 aromatic rings. The van der Waals surface area contributed by atoms with Gasteiger partial charge in [0.05, 0.1) is 0 Å². The van der Waals surface area contributed by atoms with Gasteiger partial charge in [-0.05, 0) is 31.3 Å². The van der Waals surface area contributed by atoms with Gasteiger partial charge in [0.15, 0.2) is 0 Å². The number of allylic oxidation sites excluding steroid dienone is 1. The zero-order valence-corrected chi connectivity index (χ0v) is 9.64. The third kappa shape index (κ3) is 9.62. The SMILES string of the molecule is CCC(C)C=CCCNCC(C)C. The standard InChI is InChI=1S/C12H25N/c1-5-12(4)8-6-7-9-13-10-11(2)3/h6,8,11-13H,5,7,9-10H2,1-4H3. The van der Waals surface area contributed by atoms with E-state index in [0.29, 0.717) is 0 Å². The lowest BCUT2D eigenvalue weighted by atomic mass is 10.1. The Hall–Kier alpha value is -0.300. The molecule has 1 atom stereocenters. The topological polar surface area (TPSA) is 12.0 Å². The molecule has 0 aliphatic carbocycles. The predicted octanol–water partition coefficient (Wildman–Crippen LogP) is 3.22. The van der Waals surface area contributed by atoms with Crippen molar-refractivity contribution in [2.75, 3.05) is 13.1 Å². The summed E-state index contributed by atoms with van der Waals surface area (Å²) in [6.07, 6.45) is 7.02. The average molecular weight is 183 g/mol. The Morgan fingerprint density at radius 1 is 1.23 bits per heavy atom. The normalized spacial score (nSPS) is 14.2. The molecule has 0 rings (SSSR count). The van der Waals surface area contributed by atoms with E-state index in [4.69, 9.17) is 0 Å². The smallest absolute Gasteiger partial charge is 0.00142 e. The van der Waals surface area contributed by atoms with E-state index in [1.54, 1.807) is 0 Å². The van der Waals surface area contributed by atoms with Crippen LogP contribution in [0.4, 0.5) is 0 Å². The summed E-state index contributed by atoms with van der Waals surface area (Å²) >= 11 is 0. The molecule has 1 heteroatoms. The van der Waals surface area contributed by atoms with Gasteiger partial charge in [-0.3, -0.25) is 0 Å². The second-order valence-corrected chi connectivity index (χ2v) is 4.20. The summed E-state index contributed by atoms with van der Waals surface area (Å²) in [4.78, 5) is 0. The van der Waals surface area contributed by atoms with Crippen LogP contribution < -0.4 is 5.32 Å². The Labute approximate surface area is 83.6 Å². The van der Waals surface area contributed by atoms with Crippen molar-refractivity contribution in [3.8, 4) is 0 Å². The lowest BCUT2D eigenvalue weighted by molar-refractivity contribution is 0.556. The van der Waals surface area contributed by atoms with Gasteiger partial charge in [0.1, 0.15) is 0 Å². The van der Waals surface area contributed by atoms with Crippen molar-refractivity contribution in [1.29, 1.82) is 0 Å². The molecule has 0 aromatic carbocycles. The minimum Gasteiger partial charge on any atom is -0.316 e. The van der Waals surface area contributed by atoms with Crippen molar-refractivity contribution in [3.63, 3.8) is 0 Å². The number of rotatable bonds is 7. The van der Waals surface area contributed by atoms with Crippen LogP contribution in [0.1, 0.15) is 40.5 Å². The van der Waals surface area contributed by atoms with Crippen LogP contribution in [0, 0.1) is 11.8 Å². The second kappa shape index (κ2) is 8.31. The van der Waals surface area contributed by atoms with E-state index in [1.165, 1.54) is 6.42 Å². The molecule has 0 saturated heterocycles. The van der Waals surface area contributed by atoms with Crippen LogP contribution in [0.2, 0.25) is 0 Å². The molecule has 0 aliphatic rings. The lowest BCUT2D eigenvalue weighted by Crippen LogP contribution is -2.20. The maximum Gasteiger partial charge on any atom is -0.00142 e. The van der Waals surface area contributed by atoms with Gasteiger partial charge >= 0.3 is 0 Å². The Bertz CT molecular complexity index is 127. The highest BCUT2D eigenvalue weighted by Crippen LogP contribution is 2.02. The monoisotopic (exact) mass is 183 g/mol. The third-order valence-electron chi connectivity index (χ3n) is 2.15. The highest BCUT2D eigenvalue weighted by atomic mass is 14.8. The van der Waals surface area contributed by atoms with E-state index in [0.717, 1.165) is 31.3 Å². The molecule has 1 N–H and O–H groups in total. The van der Waals surface area contributed by atoms with Crippen molar-refractivity contribution < 1.29 is 0 Å². The molecule has 1 nitrogen and oxygen atoms in total. The number of nitrogens with one attached hydrogen (secondary N) is 1. The van der Waals surface area contributed by atoms with Crippen LogP contribution in [0.15, 0.2) is 12.2 Å². The molecule has 0 fully saturated rings. The molecule has 0 saturated carbocycles. The molecule has 0 spiro atoms. The van der Waals surface area contributed by atoms with Crippen molar-refractivity contribution in [1.82, 2.24) is 5.32 Å². The molecule has 0 heterocycles. The molecular formula is C12H25N. The second-order valence-electron chi connectivity index (χ2n) is 4.20. The van der Waals surface area contributed by atoms with Crippen molar-refractivity contribution >= 4 is 0 Å². The Balaban J connectivity index is 3.20. The van der Waals surface area contributed by atoms with Crippen LogP contribution in [-0.4, -0.2) is 13.1 Å². The van der Waals surface area contributed by atoms with Gasteiger partial charge in [0.2, 0.25) is 0 Å². The molecule has 0 amide bonds. The molecular weight excluding hydrogens is 158 g/mol. The number of hydrogen-bond acceptors (Lipinski definition) is 1. The van der Waals surface area contributed by atoms with E-state index in [1.807, 2.05) is 0 Å². The summed E-state index contributed by atoms with van der Waals surface area (Å²) in [5.74, 6) is 1.50. The molecule has 13 heavy (non-hydrogen) atoms. The molecule has 0 aromatic heterocycles. The van der Waals surface area contributed by atoms with Crippen molar-refractivity contribution in [3.05, 3.63) is 12.2 Å². The largest absolute Gasteiger partial charge is 0.316 e. The summed E-state index contributed by atoms with van der Waals surface area (Å²) in [5.41, 5.74) is 0. The summed E-state index contributed by atoms with van der Waals surface area (Å²) in [5, 5.41) is 3.43. The first-order valence-electron chi connectivity index (χ1n) is 5.54. The Kier molecular flexibility index (Phi) is 8.11. The van der Waals surface area contributed by atoms with Gasteiger partial charge in [-0.1, -0.05) is 46.3 Å². The number of hydrogen-bond donors (Lipinski definition) is 1. The van der Waals surface area contributed by atoms with Gasteiger partial charge in [-0.2, -0.15) is 0 Å². The van der Waals surface area contributed by atoms with Gasteiger partial charge in [0, 0.05) is 0 Å². The molecule has 0 bridgehead atoms. The van der Waals surface area contributed by atoms with Crippen molar-refractivity contribution in [2.24, 2.45) is 11.8 Å². The van der Waals surface area contributed by atoms with E-state index in [9.17, 15) is 0 Å². The fourth-order valence-electron chi connectivity index (χ4n) is 1.04. The predicted molar refractivity (Wildman–Crippen MR) is 60.9 cm³/mol. The van der Waals surface area contributed by atoms with Crippen LogP contribution in [-0.2, 0) is 0 Å². The molecule has 1 unspecified atom stereocenters. The lowest BCUT2D eigenvalue weighted by Gasteiger charge is -2.05. The molecule has 0 aliphatic heterocycles. The van der Waals surface area contributed by atoms with E-state index in [2.05, 4.69) is 45.2 Å². The van der Waals surface area contributed by atoms with Gasteiger partial charge < -0.3 is 5.32 Å². The highest BCUT2D eigenvalue weighted by Gasteiger charge is 1.91. The zero-order chi connectivity index (χ0) is 10.1. The molecule has 0 radical (unpaired) electrons. The fraction of sp³-hybridized carbons (Fsp3) is 0.833. The summed E-state index contributed by atoms with van der Waals surface area (Å²) < 4.78 is 0. The van der Waals surface area contributed by atoms with Crippen LogP contribution in [0.3, 0.4) is 0 Å². The van der Waals surface area contributed by atoms with Crippen LogP contribution in [0.5, 0.6) is 0 Å².